The van der Waals surface area contributed by atoms with E-state index in [0.717, 1.165) is 55.5 Å². The van der Waals surface area contributed by atoms with Gasteiger partial charge in [-0.1, -0.05) is 74.5 Å². The number of hydrogen-bond acceptors (Lipinski definition) is 7. The maximum absolute atomic E-state index is 12.6. The van der Waals surface area contributed by atoms with E-state index in [9.17, 15) is 40.9 Å². The van der Waals surface area contributed by atoms with Gasteiger partial charge in [0, 0.05) is 47.5 Å². The molecule has 4 N–H and O–H groups in total. The van der Waals surface area contributed by atoms with Crippen LogP contribution in [0.2, 0.25) is 0 Å². The van der Waals surface area contributed by atoms with Crippen molar-refractivity contribution in [3.05, 3.63) is 131 Å². The van der Waals surface area contributed by atoms with E-state index < -0.39 is 54.5 Å². The molecule has 0 saturated heterocycles. The molecule has 0 bridgehead atoms. The van der Waals surface area contributed by atoms with Gasteiger partial charge in [0.2, 0.25) is 5.69 Å². The van der Waals surface area contributed by atoms with Crippen LogP contribution < -0.4 is 4.90 Å². The van der Waals surface area contributed by atoms with E-state index in [-0.39, 0.29) is 31.4 Å². The van der Waals surface area contributed by atoms with Gasteiger partial charge in [-0.05, 0) is 95.6 Å². The summed E-state index contributed by atoms with van der Waals surface area (Å²) in [5, 5.41) is 26.4. The van der Waals surface area contributed by atoms with Crippen LogP contribution in [-0.4, -0.2) is 77.0 Å². The van der Waals surface area contributed by atoms with Crippen molar-refractivity contribution >= 4 is 64.8 Å². The van der Waals surface area contributed by atoms with E-state index in [1.165, 1.54) is 0 Å². The highest BCUT2D eigenvalue weighted by Crippen LogP contribution is 2.51. The summed E-state index contributed by atoms with van der Waals surface area (Å²) in [5.74, 6) is -2.66. The van der Waals surface area contributed by atoms with Crippen molar-refractivity contribution in [3.63, 3.8) is 0 Å². The van der Waals surface area contributed by atoms with Crippen LogP contribution in [0.25, 0.3) is 21.5 Å². The minimum Gasteiger partial charge on any atom is -0.507 e. The fourth-order valence-corrected chi connectivity index (χ4v) is 10.2. The minimum atomic E-state index is -4.19. The van der Waals surface area contributed by atoms with Crippen LogP contribution in [0, 0.1) is 5.92 Å². The van der Waals surface area contributed by atoms with E-state index >= 15 is 0 Å². The topological polar surface area (TPSA) is 173 Å². The molecular formula is C45H49N2O9S2+. The number of benzene rings is 4. The molecule has 304 valence electrons. The van der Waals surface area contributed by atoms with Crippen molar-refractivity contribution in [2.45, 2.75) is 64.2 Å². The van der Waals surface area contributed by atoms with Crippen LogP contribution in [0.4, 0.5) is 11.4 Å². The molecule has 4 aromatic rings. The Hall–Kier alpha value is -5.08. The Morgan fingerprint density at radius 3 is 2.02 bits per heavy atom. The molecule has 2 heterocycles. The highest BCUT2D eigenvalue weighted by atomic mass is 32.2. The van der Waals surface area contributed by atoms with Crippen LogP contribution in [0.5, 0.6) is 0 Å². The molecule has 0 spiro atoms. The average molecular weight is 826 g/mol. The molecule has 0 fully saturated rings. The van der Waals surface area contributed by atoms with Crippen molar-refractivity contribution in [2.75, 3.05) is 29.5 Å². The third kappa shape index (κ3) is 7.88. The molecule has 7 rings (SSSR count). The van der Waals surface area contributed by atoms with E-state index in [1.807, 2.05) is 82.3 Å². The largest absolute Gasteiger partial charge is 0.507 e. The summed E-state index contributed by atoms with van der Waals surface area (Å²) in [6, 6.07) is 24.1. The third-order valence-corrected chi connectivity index (χ3v) is 13.5. The number of anilines is 1. The number of nitrogens with zero attached hydrogens (tertiary/aromatic N) is 2. The van der Waals surface area contributed by atoms with Gasteiger partial charge in [-0.3, -0.25) is 13.9 Å². The van der Waals surface area contributed by atoms with Gasteiger partial charge in [0.15, 0.2) is 5.71 Å². The van der Waals surface area contributed by atoms with Crippen molar-refractivity contribution < 1.29 is 45.5 Å². The van der Waals surface area contributed by atoms with E-state index in [4.69, 9.17) is 0 Å². The van der Waals surface area contributed by atoms with Gasteiger partial charge in [-0.15, -0.1) is 0 Å². The number of carbonyl (C=O) groups is 1. The fourth-order valence-electron chi connectivity index (χ4n) is 9.19. The first kappa shape index (κ1) is 41.1. The number of aliphatic hydroxyl groups is 1. The molecule has 0 amide bonds. The Kier molecular flexibility index (Phi) is 10.8. The zero-order chi connectivity index (χ0) is 41.8. The molecule has 0 radical (unpaired) electrons. The predicted octanol–water partition coefficient (Wildman–Crippen LogP) is 8.40. The van der Waals surface area contributed by atoms with Crippen molar-refractivity contribution in [1.29, 1.82) is 0 Å². The maximum Gasteiger partial charge on any atom is 0.307 e. The lowest BCUT2D eigenvalue weighted by Gasteiger charge is -2.27. The monoisotopic (exact) mass is 825 g/mol. The molecule has 1 atom stereocenters. The van der Waals surface area contributed by atoms with Gasteiger partial charge in [0.1, 0.15) is 12.3 Å². The number of aliphatic hydroxyl groups excluding tert-OH is 1. The second-order valence-corrected chi connectivity index (χ2v) is 19.6. The molecule has 58 heavy (non-hydrogen) atoms. The normalized spacial score (nSPS) is 20.6. The fraction of sp³-hybridized carbons (Fsp3) is 0.333. The Labute approximate surface area is 339 Å². The molecular weight excluding hydrogens is 777 g/mol. The van der Waals surface area contributed by atoms with Crippen LogP contribution in [-0.2, 0) is 35.9 Å². The van der Waals surface area contributed by atoms with Gasteiger partial charge >= 0.3 is 5.97 Å². The van der Waals surface area contributed by atoms with E-state index in [1.54, 1.807) is 12.2 Å². The number of carboxylic acids is 1. The molecule has 0 aromatic heterocycles. The summed E-state index contributed by atoms with van der Waals surface area (Å²) in [6.07, 6.45) is 7.78. The number of allylic oxidation sites excluding steroid dienone is 7. The zero-order valence-corrected chi connectivity index (χ0v) is 34.6. The summed E-state index contributed by atoms with van der Waals surface area (Å²) in [6.45, 7) is 8.92. The minimum absolute atomic E-state index is 0.0282. The second-order valence-electron chi connectivity index (χ2n) is 16.5. The highest BCUT2D eigenvalue weighted by Gasteiger charge is 2.46. The van der Waals surface area contributed by atoms with E-state index in [2.05, 4.69) is 39.8 Å². The first-order valence-electron chi connectivity index (χ1n) is 19.4. The van der Waals surface area contributed by atoms with Gasteiger partial charge in [0.05, 0.1) is 22.8 Å². The molecule has 2 aliphatic heterocycles. The smallest absolute Gasteiger partial charge is 0.307 e. The molecule has 11 nitrogen and oxygen atoms in total. The van der Waals surface area contributed by atoms with Gasteiger partial charge in [-0.2, -0.15) is 21.4 Å². The predicted molar refractivity (Wildman–Crippen MR) is 228 cm³/mol. The number of fused-ring (bicyclic) bond motifs is 6. The Bertz CT molecular complexity index is 2740. The first-order chi connectivity index (χ1) is 27.3. The lowest BCUT2D eigenvalue weighted by Crippen LogP contribution is -2.28. The summed E-state index contributed by atoms with van der Waals surface area (Å²) >= 11 is 0. The van der Waals surface area contributed by atoms with Crippen molar-refractivity contribution in [2.24, 2.45) is 5.92 Å². The molecule has 4 aromatic carbocycles. The standard InChI is InChI=1S/C45H48N2O9S2/c1-44(2)38(46(23-9-25-57(51,52)53)36-19-15-29-11-5-7-13-34(29)40(36)44)21-17-31-27-33(43(49)50)28-32(42(31)48)18-22-39-45(3,4)41-35-14-8-6-12-30(35)16-20-37(41)47(39)24-10-26-58(54,55)56/h5-8,11-22,33H,9-10,23-28H2,1-4H3,(H3,49,50,51,52,53,54,55,56)/p+1/b31-17+,38-21+. The molecule has 1 aliphatic carbocycles. The van der Waals surface area contributed by atoms with Crippen LogP contribution in [0.3, 0.4) is 0 Å². The summed E-state index contributed by atoms with van der Waals surface area (Å²) < 4.78 is 67.8. The summed E-state index contributed by atoms with van der Waals surface area (Å²) in [7, 11) is -8.38. The zero-order valence-electron chi connectivity index (χ0n) is 33.0. The van der Waals surface area contributed by atoms with Crippen LogP contribution in [0.1, 0.15) is 64.5 Å². The van der Waals surface area contributed by atoms with Gasteiger partial charge < -0.3 is 15.1 Å². The summed E-state index contributed by atoms with van der Waals surface area (Å²) in [4.78, 5) is 14.6. The molecule has 3 aliphatic rings. The SMILES string of the molecule is CC1(C)C(/C=C/C2=C(O)C(=C/C=C3/N(CCCS(=O)(=O)O)c4ccc5ccccc5c4C3(C)C)/CC(C(=O)O)C2)=[N+](CCCS(=O)(=O)O)c2ccc3ccccc3c21. The van der Waals surface area contributed by atoms with Gasteiger partial charge in [-0.25, -0.2) is 0 Å². The average Bonchev–Trinajstić information content (AvgIpc) is 3.51. The van der Waals surface area contributed by atoms with Gasteiger partial charge in [0.25, 0.3) is 20.2 Å². The number of aliphatic carboxylic acids is 1. The number of hydrogen-bond donors (Lipinski definition) is 4. The Balaban J connectivity index is 1.31. The number of carboxylic acid groups (broad SMARTS) is 1. The lowest BCUT2D eigenvalue weighted by molar-refractivity contribution is -0.437. The third-order valence-electron chi connectivity index (χ3n) is 11.9. The lowest BCUT2D eigenvalue weighted by atomic mass is 9.78. The van der Waals surface area contributed by atoms with Crippen molar-refractivity contribution in [3.8, 4) is 0 Å². The summed E-state index contributed by atoms with van der Waals surface area (Å²) in [5.41, 5.74) is 5.33. The van der Waals surface area contributed by atoms with Crippen molar-refractivity contribution in [1.82, 2.24) is 0 Å². The number of rotatable bonds is 12. The Morgan fingerprint density at radius 2 is 1.38 bits per heavy atom. The quantitative estimate of drug-likeness (QED) is 0.0803. The molecule has 0 saturated carbocycles. The Morgan fingerprint density at radius 1 is 0.776 bits per heavy atom. The van der Waals surface area contributed by atoms with Crippen LogP contribution >= 0.6 is 0 Å². The highest BCUT2D eigenvalue weighted by molar-refractivity contribution is 7.86. The van der Waals surface area contributed by atoms with E-state index in [0.29, 0.717) is 24.2 Å². The van der Waals surface area contributed by atoms with Crippen LogP contribution in [0.15, 0.2) is 120 Å². The second kappa shape index (κ2) is 15.3. The maximum atomic E-state index is 12.6. The molecule has 13 heteroatoms. The molecule has 1 unspecified atom stereocenters. The first-order valence-corrected chi connectivity index (χ1v) is 22.6.